The van der Waals surface area contributed by atoms with Crippen LogP contribution in [0.15, 0.2) is 0 Å². The Morgan fingerprint density at radius 3 is 2.75 bits per heavy atom. The van der Waals surface area contributed by atoms with E-state index in [9.17, 15) is 0 Å². The first-order chi connectivity index (χ1) is 3.81. The van der Waals surface area contributed by atoms with Crippen molar-refractivity contribution in [3.63, 3.8) is 0 Å². The average molecular weight is 128 g/mol. The van der Waals surface area contributed by atoms with Crippen LogP contribution >= 0.6 is 12.2 Å². The quantitative estimate of drug-likeness (QED) is 0.393. The van der Waals surface area contributed by atoms with Crippen LogP contribution in [0.2, 0.25) is 0 Å². The molecular formula is C6H8OS. The molecule has 44 valence electrons. The van der Waals surface area contributed by atoms with Crippen molar-refractivity contribution >= 4 is 17.3 Å². The molecule has 0 aliphatic heterocycles. The van der Waals surface area contributed by atoms with Gasteiger partial charge in [0.05, 0.1) is 0 Å². The van der Waals surface area contributed by atoms with Crippen LogP contribution in [-0.4, -0.2) is 5.05 Å². The molecule has 0 rings (SSSR count). The minimum absolute atomic E-state index is 0.555. The molecule has 0 radical (unpaired) electrons. The summed E-state index contributed by atoms with van der Waals surface area (Å²) < 4.78 is 4.71. The van der Waals surface area contributed by atoms with Crippen molar-refractivity contribution in [2.75, 3.05) is 0 Å². The van der Waals surface area contributed by atoms with Crippen molar-refractivity contribution < 1.29 is 4.74 Å². The highest BCUT2D eigenvalue weighted by Gasteiger charge is 1.85. The third-order valence-electron chi connectivity index (χ3n) is 0.556. The monoisotopic (exact) mass is 128 g/mol. The Balaban J connectivity index is 3.35. The zero-order valence-corrected chi connectivity index (χ0v) is 5.84. The van der Waals surface area contributed by atoms with E-state index in [0.29, 0.717) is 5.05 Å². The third kappa shape index (κ3) is 3.63. The molecule has 0 spiro atoms. The van der Waals surface area contributed by atoms with Crippen LogP contribution in [0.5, 0.6) is 0 Å². The van der Waals surface area contributed by atoms with Gasteiger partial charge in [0.1, 0.15) is 6.11 Å². The second kappa shape index (κ2) is 4.61. The van der Waals surface area contributed by atoms with Gasteiger partial charge in [0.15, 0.2) is 5.05 Å². The Labute approximate surface area is 55.0 Å². The zero-order valence-electron chi connectivity index (χ0n) is 5.02. The van der Waals surface area contributed by atoms with Gasteiger partial charge in [-0.2, -0.15) is 0 Å². The highest BCUT2D eigenvalue weighted by molar-refractivity contribution is 7.80. The van der Waals surface area contributed by atoms with Crippen molar-refractivity contribution in [1.82, 2.24) is 0 Å². The topological polar surface area (TPSA) is 9.23 Å². The molecule has 0 heterocycles. The van der Waals surface area contributed by atoms with E-state index in [4.69, 9.17) is 17.0 Å². The van der Waals surface area contributed by atoms with E-state index in [0.717, 1.165) is 6.42 Å². The van der Waals surface area contributed by atoms with E-state index >= 15 is 0 Å². The van der Waals surface area contributed by atoms with Gasteiger partial charge < -0.3 is 4.74 Å². The molecule has 1 nitrogen and oxygen atoms in total. The van der Waals surface area contributed by atoms with Crippen molar-refractivity contribution in [2.24, 2.45) is 0 Å². The summed E-state index contributed by atoms with van der Waals surface area (Å²) in [6.45, 7) is 3.64. The molecule has 0 aliphatic rings. The molecule has 0 atom stereocenters. The third-order valence-corrected chi connectivity index (χ3v) is 0.928. The number of hydrogen-bond acceptors (Lipinski definition) is 2. The van der Waals surface area contributed by atoms with Crippen LogP contribution in [0.3, 0.4) is 0 Å². The SMILES string of the molecule is CC#COC(=S)CC. The summed E-state index contributed by atoms with van der Waals surface area (Å²) in [5, 5.41) is 0.555. The van der Waals surface area contributed by atoms with Crippen LogP contribution in [0.25, 0.3) is 0 Å². The van der Waals surface area contributed by atoms with Gasteiger partial charge in [-0.3, -0.25) is 0 Å². The summed E-state index contributed by atoms with van der Waals surface area (Å²) in [6, 6.07) is 0. The fraction of sp³-hybridized carbons (Fsp3) is 0.500. The minimum Gasteiger partial charge on any atom is -0.400 e. The van der Waals surface area contributed by atoms with Gasteiger partial charge in [-0.15, -0.1) is 0 Å². The largest absolute Gasteiger partial charge is 0.400 e. The van der Waals surface area contributed by atoms with E-state index in [2.05, 4.69) is 12.0 Å². The molecule has 0 N–H and O–H groups in total. The van der Waals surface area contributed by atoms with Crippen molar-refractivity contribution in [2.45, 2.75) is 20.3 Å². The van der Waals surface area contributed by atoms with Crippen LogP contribution < -0.4 is 0 Å². The molecule has 0 aliphatic carbocycles. The second-order valence-corrected chi connectivity index (χ2v) is 1.64. The van der Waals surface area contributed by atoms with E-state index in [1.165, 1.54) is 0 Å². The van der Waals surface area contributed by atoms with E-state index < -0.39 is 0 Å². The molecule has 0 fully saturated rings. The molecular weight excluding hydrogens is 120 g/mol. The summed E-state index contributed by atoms with van der Waals surface area (Å²) >= 11 is 4.70. The number of ether oxygens (including phenoxy) is 1. The maximum atomic E-state index is 4.71. The van der Waals surface area contributed by atoms with Gasteiger partial charge in [-0.05, 0) is 12.2 Å². The van der Waals surface area contributed by atoms with Crippen LogP contribution in [0, 0.1) is 12.0 Å². The number of thiocarbonyl (C=S) groups is 1. The maximum Gasteiger partial charge on any atom is 0.179 e. The maximum absolute atomic E-state index is 4.71. The molecule has 0 saturated heterocycles. The number of rotatable bonds is 1. The molecule has 2 heteroatoms. The summed E-state index contributed by atoms with van der Waals surface area (Å²) in [6.07, 6.45) is 3.16. The summed E-state index contributed by atoms with van der Waals surface area (Å²) in [5.41, 5.74) is 0. The Hall–Kier alpha value is -0.550. The smallest absolute Gasteiger partial charge is 0.179 e. The molecule has 0 amide bonds. The fourth-order valence-electron chi connectivity index (χ4n) is 0.180. The molecule has 8 heavy (non-hydrogen) atoms. The van der Waals surface area contributed by atoms with Crippen molar-refractivity contribution in [3.05, 3.63) is 0 Å². The van der Waals surface area contributed by atoms with Gasteiger partial charge in [-0.1, -0.05) is 12.8 Å². The lowest BCUT2D eigenvalue weighted by Gasteiger charge is -1.90. The molecule has 0 unspecified atom stereocenters. The first-order valence-corrected chi connectivity index (χ1v) is 2.83. The molecule has 0 bridgehead atoms. The zero-order chi connectivity index (χ0) is 6.41. The lowest BCUT2D eigenvalue weighted by Crippen LogP contribution is -1.91. The molecule has 0 aromatic heterocycles. The van der Waals surface area contributed by atoms with Gasteiger partial charge >= 0.3 is 0 Å². The second-order valence-electron chi connectivity index (χ2n) is 1.18. The Morgan fingerprint density at radius 2 is 2.38 bits per heavy atom. The predicted molar refractivity (Wildman–Crippen MR) is 37.4 cm³/mol. The number of hydrogen-bond donors (Lipinski definition) is 0. The normalized spacial score (nSPS) is 6.75. The molecule has 0 saturated carbocycles. The van der Waals surface area contributed by atoms with Gasteiger partial charge in [0.2, 0.25) is 0 Å². The van der Waals surface area contributed by atoms with Crippen LogP contribution in [0.1, 0.15) is 20.3 Å². The van der Waals surface area contributed by atoms with Gasteiger partial charge in [0.25, 0.3) is 0 Å². The Bertz CT molecular complexity index is 129. The Morgan fingerprint density at radius 1 is 1.75 bits per heavy atom. The summed E-state index contributed by atoms with van der Waals surface area (Å²) in [7, 11) is 0. The van der Waals surface area contributed by atoms with Crippen LogP contribution in [-0.2, 0) is 4.74 Å². The van der Waals surface area contributed by atoms with E-state index in [1.54, 1.807) is 6.92 Å². The molecule has 0 aromatic rings. The average Bonchev–Trinajstić information content (AvgIpc) is 1.83. The summed E-state index contributed by atoms with van der Waals surface area (Å²) in [5.74, 6) is 2.57. The minimum atomic E-state index is 0.555. The van der Waals surface area contributed by atoms with Gasteiger partial charge in [-0.25, -0.2) is 0 Å². The fourth-order valence-corrected chi connectivity index (χ4v) is 0.222. The molecule has 0 aromatic carbocycles. The highest BCUT2D eigenvalue weighted by Crippen LogP contribution is 1.84. The van der Waals surface area contributed by atoms with E-state index in [-0.39, 0.29) is 0 Å². The lowest BCUT2D eigenvalue weighted by atomic mass is 10.5. The van der Waals surface area contributed by atoms with Crippen molar-refractivity contribution in [1.29, 1.82) is 0 Å². The first kappa shape index (κ1) is 7.45. The standard InChI is InChI=1S/C6H8OS/c1-3-5-7-6(8)4-2/h4H2,1-2H3. The summed E-state index contributed by atoms with van der Waals surface area (Å²) in [4.78, 5) is 0. The predicted octanol–water partition coefficient (Wildman–Crippen LogP) is 1.72. The van der Waals surface area contributed by atoms with Crippen LogP contribution in [0.4, 0.5) is 0 Å². The lowest BCUT2D eigenvalue weighted by molar-refractivity contribution is 0.512. The van der Waals surface area contributed by atoms with Gasteiger partial charge in [0, 0.05) is 13.3 Å². The first-order valence-electron chi connectivity index (χ1n) is 2.42. The van der Waals surface area contributed by atoms with E-state index in [1.807, 2.05) is 6.92 Å². The van der Waals surface area contributed by atoms with Crippen molar-refractivity contribution in [3.8, 4) is 12.0 Å². The Kier molecular flexibility index (Phi) is 4.29. The highest BCUT2D eigenvalue weighted by atomic mass is 32.1.